The molecule has 1 aliphatic heterocycles. The SMILES string of the molecule is CN1CCN([C@@H](CNC(=O)C(=O)NCc2ccc(F)cc2)c2ccc(F)cc2)CC1. The number of hydrogen-bond acceptors (Lipinski definition) is 4. The second-order valence-corrected chi connectivity index (χ2v) is 7.43. The van der Waals surface area contributed by atoms with E-state index in [0.717, 1.165) is 31.7 Å². The summed E-state index contributed by atoms with van der Waals surface area (Å²) in [5, 5.41) is 5.22. The number of piperazine rings is 1. The summed E-state index contributed by atoms with van der Waals surface area (Å²) >= 11 is 0. The number of benzene rings is 2. The summed E-state index contributed by atoms with van der Waals surface area (Å²) < 4.78 is 26.3. The van der Waals surface area contributed by atoms with E-state index in [1.807, 2.05) is 0 Å². The van der Waals surface area contributed by atoms with Gasteiger partial charge in [-0.25, -0.2) is 8.78 Å². The Kier molecular flexibility index (Phi) is 7.48. The third kappa shape index (κ3) is 6.08. The average Bonchev–Trinajstić information content (AvgIpc) is 2.75. The van der Waals surface area contributed by atoms with Crippen LogP contribution in [0.2, 0.25) is 0 Å². The number of rotatable bonds is 6. The highest BCUT2D eigenvalue weighted by Crippen LogP contribution is 2.22. The van der Waals surface area contributed by atoms with Gasteiger partial charge in [0.1, 0.15) is 11.6 Å². The lowest BCUT2D eigenvalue weighted by molar-refractivity contribution is -0.139. The van der Waals surface area contributed by atoms with Gasteiger partial charge in [-0.05, 0) is 42.4 Å². The highest BCUT2D eigenvalue weighted by Gasteiger charge is 2.25. The van der Waals surface area contributed by atoms with Crippen LogP contribution in [0.15, 0.2) is 48.5 Å². The van der Waals surface area contributed by atoms with Crippen molar-refractivity contribution in [2.24, 2.45) is 0 Å². The largest absolute Gasteiger partial charge is 0.346 e. The summed E-state index contributed by atoms with van der Waals surface area (Å²) in [7, 11) is 2.05. The first-order chi connectivity index (χ1) is 14.4. The number of hydrogen-bond donors (Lipinski definition) is 2. The topological polar surface area (TPSA) is 64.7 Å². The minimum Gasteiger partial charge on any atom is -0.346 e. The molecule has 2 amide bonds. The van der Waals surface area contributed by atoms with Crippen molar-refractivity contribution in [3.63, 3.8) is 0 Å². The maximum absolute atomic E-state index is 13.3. The Morgan fingerprint density at radius 1 is 0.867 bits per heavy atom. The Balaban J connectivity index is 1.58. The summed E-state index contributed by atoms with van der Waals surface area (Å²) in [5.41, 5.74) is 1.58. The molecule has 2 N–H and O–H groups in total. The van der Waals surface area contributed by atoms with Crippen LogP contribution in [0.4, 0.5) is 8.78 Å². The molecule has 2 aromatic rings. The van der Waals surface area contributed by atoms with Crippen LogP contribution in [0.25, 0.3) is 0 Å². The zero-order chi connectivity index (χ0) is 21.5. The molecule has 3 rings (SSSR count). The molecule has 30 heavy (non-hydrogen) atoms. The monoisotopic (exact) mass is 416 g/mol. The first-order valence-electron chi connectivity index (χ1n) is 9.91. The fourth-order valence-corrected chi connectivity index (χ4v) is 3.41. The van der Waals surface area contributed by atoms with Crippen molar-refractivity contribution in [3.8, 4) is 0 Å². The number of halogens is 2. The molecule has 8 heteroatoms. The van der Waals surface area contributed by atoms with Crippen LogP contribution in [0, 0.1) is 11.6 Å². The third-order valence-corrected chi connectivity index (χ3v) is 5.26. The predicted octanol–water partition coefficient (Wildman–Crippen LogP) is 1.69. The van der Waals surface area contributed by atoms with Crippen molar-refractivity contribution < 1.29 is 18.4 Å². The lowest BCUT2D eigenvalue weighted by atomic mass is 10.0. The van der Waals surface area contributed by atoms with Crippen LogP contribution >= 0.6 is 0 Å². The Morgan fingerprint density at radius 2 is 1.40 bits per heavy atom. The van der Waals surface area contributed by atoms with Gasteiger partial charge >= 0.3 is 11.8 Å². The van der Waals surface area contributed by atoms with Gasteiger partial charge < -0.3 is 15.5 Å². The fourth-order valence-electron chi connectivity index (χ4n) is 3.41. The third-order valence-electron chi connectivity index (χ3n) is 5.26. The van der Waals surface area contributed by atoms with Gasteiger partial charge in [-0.1, -0.05) is 24.3 Å². The number of carbonyl (C=O) groups excluding carboxylic acids is 2. The molecule has 0 aliphatic carbocycles. The van der Waals surface area contributed by atoms with Gasteiger partial charge in [0.25, 0.3) is 0 Å². The molecule has 2 aromatic carbocycles. The van der Waals surface area contributed by atoms with Crippen LogP contribution < -0.4 is 10.6 Å². The van der Waals surface area contributed by atoms with Crippen molar-refractivity contribution in [2.75, 3.05) is 39.8 Å². The van der Waals surface area contributed by atoms with Crippen molar-refractivity contribution in [3.05, 3.63) is 71.3 Å². The first-order valence-corrected chi connectivity index (χ1v) is 9.91. The minimum atomic E-state index is -0.754. The Labute approximate surface area is 174 Å². The number of amides is 2. The van der Waals surface area contributed by atoms with E-state index in [1.165, 1.54) is 24.3 Å². The molecule has 1 aliphatic rings. The molecule has 0 aromatic heterocycles. The molecular weight excluding hydrogens is 390 g/mol. The molecule has 0 saturated carbocycles. The van der Waals surface area contributed by atoms with Crippen molar-refractivity contribution in [1.82, 2.24) is 20.4 Å². The highest BCUT2D eigenvalue weighted by atomic mass is 19.1. The van der Waals surface area contributed by atoms with Crippen LogP contribution in [0.3, 0.4) is 0 Å². The maximum Gasteiger partial charge on any atom is 0.309 e. The van der Waals surface area contributed by atoms with Gasteiger partial charge in [-0.15, -0.1) is 0 Å². The summed E-state index contributed by atoms with van der Waals surface area (Å²) in [4.78, 5) is 28.9. The normalized spacial score (nSPS) is 16.1. The lowest BCUT2D eigenvalue weighted by Crippen LogP contribution is -2.49. The van der Waals surface area contributed by atoms with Crippen molar-refractivity contribution >= 4 is 11.8 Å². The Morgan fingerprint density at radius 3 is 2.00 bits per heavy atom. The van der Waals surface area contributed by atoms with E-state index in [0.29, 0.717) is 5.56 Å². The van der Waals surface area contributed by atoms with E-state index < -0.39 is 11.8 Å². The van der Waals surface area contributed by atoms with Gasteiger partial charge in [0.2, 0.25) is 0 Å². The van der Waals surface area contributed by atoms with E-state index in [-0.39, 0.29) is 30.8 Å². The van der Waals surface area contributed by atoms with Crippen molar-refractivity contribution in [1.29, 1.82) is 0 Å². The average molecular weight is 416 g/mol. The Bertz CT molecular complexity index is 850. The van der Waals surface area contributed by atoms with E-state index in [1.54, 1.807) is 24.3 Å². The zero-order valence-corrected chi connectivity index (χ0v) is 16.9. The zero-order valence-electron chi connectivity index (χ0n) is 16.9. The van der Waals surface area contributed by atoms with Gasteiger partial charge in [0.05, 0.1) is 6.04 Å². The first kappa shape index (κ1) is 21.9. The smallest absolute Gasteiger partial charge is 0.309 e. The molecule has 1 fully saturated rings. The van der Waals surface area contributed by atoms with E-state index in [9.17, 15) is 18.4 Å². The van der Waals surface area contributed by atoms with Crippen LogP contribution in [0.1, 0.15) is 17.2 Å². The number of likely N-dealkylation sites (N-methyl/N-ethyl adjacent to an activating group) is 1. The molecule has 0 bridgehead atoms. The highest BCUT2D eigenvalue weighted by molar-refractivity contribution is 6.35. The standard InChI is InChI=1S/C22H26F2N4O2/c1-27-10-12-28(13-11-27)20(17-4-8-19(24)9-5-17)15-26-22(30)21(29)25-14-16-2-6-18(23)7-3-16/h2-9,20H,10-15H2,1H3,(H,25,29)(H,26,30)/t20-/m0/s1. The second kappa shape index (κ2) is 10.3. The molecule has 0 spiro atoms. The van der Waals surface area contributed by atoms with Gasteiger partial charge in [0.15, 0.2) is 0 Å². The number of nitrogens with zero attached hydrogens (tertiary/aromatic N) is 2. The van der Waals surface area contributed by atoms with Gasteiger partial charge in [-0.2, -0.15) is 0 Å². The molecule has 160 valence electrons. The quantitative estimate of drug-likeness (QED) is 0.704. The summed E-state index contributed by atoms with van der Waals surface area (Å²) in [5.74, 6) is -2.17. The summed E-state index contributed by atoms with van der Waals surface area (Å²) in [6, 6.07) is 11.7. The van der Waals surface area contributed by atoms with Gasteiger partial charge in [-0.3, -0.25) is 14.5 Å². The maximum atomic E-state index is 13.3. The number of nitrogens with one attached hydrogen (secondary N) is 2. The molecule has 1 heterocycles. The molecule has 1 atom stereocenters. The summed E-state index contributed by atoms with van der Waals surface area (Å²) in [6.45, 7) is 3.77. The lowest BCUT2D eigenvalue weighted by Gasteiger charge is -2.38. The van der Waals surface area contributed by atoms with Crippen LogP contribution in [0.5, 0.6) is 0 Å². The number of carbonyl (C=O) groups is 2. The Hall–Kier alpha value is -2.84. The van der Waals surface area contributed by atoms with Crippen LogP contribution in [-0.2, 0) is 16.1 Å². The van der Waals surface area contributed by atoms with Gasteiger partial charge in [0, 0.05) is 39.3 Å². The predicted molar refractivity (Wildman–Crippen MR) is 109 cm³/mol. The van der Waals surface area contributed by atoms with E-state index in [4.69, 9.17) is 0 Å². The second-order valence-electron chi connectivity index (χ2n) is 7.43. The molecule has 6 nitrogen and oxygen atoms in total. The molecule has 0 radical (unpaired) electrons. The fraction of sp³-hybridized carbons (Fsp3) is 0.364. The molecule has 0 unspecified atom stereocenters. The van der Waals surface area contributed by atoms with E-state index in [2.05, 4.69) is 27.5 Å². The van der Waals surface area contributed by atoms with Crippen LogP contribution in [-0.4, -0.2) is 61.4 Å². The van der Waals surface area contributed by atoms with Crippen molar-refractivity contribution in [2.45, 2.75) is 12.6 Å². The molecular formula is C22H26F2N4O2. The molecule has 1 saturated heterocycles. The minimum absolute atomic E-state index is 0.131. The van der Waals surface area contributed by atoms with E-state index >= 15 is 0 Å². The summed E-state index contributed by atoms with van der Waals surface area (Å²) in [6.07, 6.45) is 0.